The Balaban J connectivity index is 1.69. The predicted octanol–water partition coefficient (Wildman–Crippen LogP) is 0.864. The van der Waals surface area contributed by atoms with E-state index in [0.29, 0.717) is 11.0 Å². The van der Waals surface area contributed by atoms with E-state index >= 15 is 0 Å². The summed E-state index contributed by atoms with van der Waals surface area (Å²) in [6, 6.07) is 2.17. The van der Waals surface area contributed by atoms with Gasteiger partial charge in [0.1, 0.15) is 13.1 Å². The molecule has 2 rings (SSSR count). The van der Waals surface area contributed by atoms with E-state index in [1.165, 1.54) is 11.4 Å². The maximum Gasteiger partial charge on any atom is 0.186 e. The van der Waals surface area contributed by atoms with Crippen molar-refractivity contribution in [3.05, 3.63) is 23.0 Å². The van der Waals surface area contributed by atoms with Crippen molar-refractivity contribution in [3.8, 4) is 0 Å². The lowest BCUT2D eigenvalue weighted by atomic mass is 10.2. The summed E-state index contributed by atoms with van der Waals surface area (Å²) in [7, 11) is 0. The molecule has 1 fully saturated rings. The van der Waals surface area contributed by atoms with Gasteiger partial charge in [0.05, 0.1) is 26.0 Å². The molecule has 1 saturated heterocycles. The second kappa shape index (κ2) is 10.6. The molecule has 2 heterocycles. The number of rotatable bonds is 8. The Morgan fingerprint density at radius 2 is 2.12 bits per heavy atom. The first-order valence-electron chi connectivity index (χ1n) is 9.62. The Morgan fingerprint density at radius 3 is 2.81 bits per heavy atom. The van der Waals surface area contributed by atoms with Crippen LogP contribution in [0.5, 0.6) is 0 Å². The third kappa shape index (κ3) is 6.70. The molecule has 0 unspecified atom stereocenters. The van der Waals surface area contributed by atoms with Crippen LogP contribution < -0.4 is 15.6 Å². The number of hydrogen-bond acceptors (Lipinski definition) is 3. The zero-order chi connectivity index (χ0) is 18.9. The molecule has 0 aliphatic carbocycles. The highest BCUT2D eigenvalue weighted by atomic mass is 32.1. The Bertz CT molecular complexity index is 605. The Kier molecular flexibility index (Phi) is 8.54. The maximum absolute atomic E-state index is 5.38. The SMILES string of the molecule is Cc1cc(/C=N\NC(=S)NCCC[NH+]2CCOCC2)c(C)n1CC(C)C. The highest BCUT2D eigenvalue weighted by molar-refractivity contribution is 7.80. The van der Waals surface area contributed by atoms with Gasteiger partial charge >= 0.3 is 0 Å². The van der Waals surface area contributed by atoms with Crippen LogP contribution in [-0.4, -0.2) is 55.3 Å². The minimum absolute atomic E-state index is 0.578. The van der Waals surface area contributed by atoms with Gasteiger partial charge in [0, 0.05) is 36.5 Å². The van der Waals surface area contributed by atoms with E-state index in [1.807, 2.05) is 6.21 Å². The van der Waals surface area contributed by atoms with Gasteiger partial charge in [-0.25, -0.2) is 0 Å². The minimum atomic E-state index is 0.578. The predicted molar refractivity (Wildman–Crippen MR) is 111 cm³/mol. The van der Waals surface area contributed by atoms with Crippen molar-refractivity contribution >= 4 is 23.5 Å². The molecule has 26 heavy (non-hydrogen) atoms. The van der Waals surface area contributed by atoms with Crippen molar-refractivity contribution < 1.29 is 9.64 Å². The molecule has 6 nitrogen and oxygen atoms in total. The molecule has 7 heteroatoms. The Labute approximate surface area is 163 Å². The topological polar surface area (TPSA) is 55.0 Å². The number of hydrogen-bond donors (Lipinski definition) is 3. The number of nitrogens with one attached hydrogen (secondary N) is 3. The lowest BCUT2D eigenvalue weighted by Gasteiger charge is -2.23. The van der Waals surface area contributed by atoms with Crippen LogP contribution in [0.25, 0.3) is 0 Å². The van der Waals surface area contributed by atoms with Crippen LogP contribution in [0.4, 0.5) is 0 Å². The van der Waals surface area contributed by atoms with E-state index in [1.54, 1.807) is 4.90 Å². The van der Waals surface area contributed by atoms with Gasteiger partial charge in [-0.05, 0) is 38.0 Å². The fourth-order valence-corrected chi connectivity index (χ4v) is 3.41. The smallest absolute Gasteiger partial charge is 0.186 e. The summed E-state index contributed by atoms with van der Waals surface area (Å²) in [6.45, 7) is 15.8. The average Bonchev–Trinajstić information content (AvgIpc) is 2.87. The molecule has 1 aromatic rings. The molecule has 0 amide bonds. The zero-order valence-corrected chi connectivity index (χ0v) is 17.4. The van der Waals surface area contributed by atoms with Crippen LogP contribution in [0.1, 0.15) is 37.2 Å². The quantitative estimate of drug-likeness (QED) is 0.271. The first-order valence-corrected chi connectivity index (χ1v) is 10.0. The molecule has 0 aromatic carbocycles. The van der Waals surface area contributed by atoms with Gasteiger partial charge in [-0.2, -0.15) is 5.10 Å². The average molecular weight is 381 g/mol. The van der Waals surface area contributed by atoms with Crippen LogP contribution >= 0.6 is 12.2 Å². The summed E-state index contributed by atoms with van der Waals surface area (Å²) in [5.41, 5.74) is 6.57. The molecule has 0 spiro atoms. The summed E-state index contributed by atoms with van der Waals surface area (Å²) in [5.74, 6) is 0.624. The van der Waals surface area contributed by atoms with Crippen molar-refractivity contribution in [1.82, 2.24) is 15.3 Å². The van der Waals surface area contributed by atoms with Crippen LogP contribution in [0.15, 0.2) is 11.2 Å². The number of nitrogens with zero attached hydrogens (tertiary/aromatic N) is 2. The van der Waals surface area contributed by atoms with Gasteiger partial charge in [-0.3, -0.25) is 5.43 Å². The van der Waals surface area contributed by atoms with Gasteiger partial charge in [-0.15, -0.1) is 0 Å². The van der Waals surface area contributed by atoms with Crippen molar-refractivity contribution in [3.63, 3.8) is 0 Å². The van der Waals surface area contributed by atoms with Crippen LogP contribution in [0.2, 0.25) is 0 Å². The molecule has 0 saturated carbocycles. The van der Waals surface area contributed by atoms with Crippen LogP contribution in [0.3, 0.4) is 0 Å². The molecule has 1 aliphatic rings. The van der Waals surface area contributed by atoms with E-state index in [0.717, 1.165) is 57.9 Å². The second-order valence-electron chi connectivity index (χ2n) is 7.42. The van der Waals surface area contributed by atoms with Crippen molar-refractivity contribution in [2.45, 2.75) is 40.7 Å². The van der Waals surface area contributed by atoms with Crippen LogP contribution in [-0.2, 0) is 11.3 Å². The van der Waals surface area contributed by atoms with Crippen LogP contribution in [0, 0.1) is 19.8 Å². The van der Waals surface area contributed by atoms with Gasteiger partial charge in [0.15, 0.2) is 5.11 Å². The minimum Gasteiger partial charge on any atom is -0.370 e. The zero-order valence-electron chi connectivity index (χ0n) is 16.6. The summed E-state index contributed by atoms with van der Waals surface area (Å²) < 4.78 is 7.72. The van der Waals surface area contributed by atoms with E-state index in [9.17, 15) is 0 Å². The number of thiocarbonyl (C=S) groups is 1. The van der Waals surface area contributed by atoms with Crippen molar-refractivity contribution in [2.75, 3.05) is 39.4 Å². The Hall–Kier alpha value is -1.44. The standard InChI is InChI=1S/C19H33N5OS/c1-15(2)14-24-16(3)12-18(17(24)4)13-21-22-19(26)20-6-5-7-23-8-10-25-11-9-23/h12-13,15H,5-11,14H2,1-4H3,(H2,20,22,26)/p+1/b21-13-. The Morgan fingerprint density at radius 1 is 1.38 bits per heavy atom. The van der Waals surface area contributed by atoms with Crippen molar-refractivity contribution in [1.29, 1.82) is 0 Å². The number of ether oxygens (including phenoxy) is 1. The lowest BCUT2D eigenvalue weighted by molar-refractivity contribution is -0.908. The largest absolute Gasteiger partial charge is 0.370 e. The number of hydrazone groups is 1. The third-order valence-corrected chi connectivity index (χ3v) is 4.96. The van der Waals surface area contributed by atoms with E-state index in [4.69, 9.17) is 17.0 Å². The first kappa shape index (κ1) is 20.9. The lowest BCUT2D eigenvalue weighted by Crippen LogP contribution is -3.14. The molecule has 3 N–H and O–H groups in total. The summed E-state index contributed by atoms with van der Waals surface area (Å²) in [6.07, 6.45) is 2.95. The summed E-state index contributed by atoms with van der Waals surface area (Å²) in [5, 5.41) is 8.09. The highest BCUT2D eigenvalue weighted by Crippen LogP contribution is 2.15. The number of quaternary nitrogens is 1. The number of aromatic nitrogens is 1. The van der Waals surface area contributed by atoms with E-state index in [2.05, 4.69) is 54.2 Å². The molecular formula is C19H34N5OS+. The fraction of sp³-hybridized carbons (Fsp3) is 0.684. The molecule has 0 bridgehead atoms. The summed E-state index contributed by atoms with van der Waals surface area (Å²) in [4.78, 5) is 1.62. The molecule has 1 aliphatic heterocycles. The second-order valence-corrected chi connectivity index (χ2v) is 7.83. The number of aryl methyl sites for hydroxylation is 1. The normalized spacial score (nSPS) is 15.7. The summed E-state index contributed by atoms with van der Waals surface area (Å²) >= 11 is 5.29. The molecule has 0 radical (unpaired) electrons. The van der Waals surface area contributed by atoms with Gasteiger partial charge in [0.25, 0.3) is 0 Å². The highest BCUT2D eigenvalue weighted by Gasteiger charge is 2.12. The molecule has 0 atom stereocenters. The van der Waals surface area contributed by atoms with Gasteiger partial charge < -0.3 is 19.5 Å². The van der Waals surface area contributed by atoms with E-state index < -0.39 is 0 Å². The monoisotopic (exact) mass is 380 g/mol. The molecular weight excluding hydrogens is 346 g/mol. The fourth-order valence-electron chi connectivity index (χ4n) is 3.25. The third-order valence-electron chi connectivity index (χ3n) is 4.72. The number of morpholine rings is 1. The molecule has 1 aromatic heterocycles. The van der Waals surface area contributed by atoms with Gasteiger partial charge in [-0.1, -0.05) is 13.8 Å². The van der Waals surface area contributed by atoms with Gasteiger partial charge in [0.2, 0.25) is 0 Å². The first-order chi connectivity index (χ1) is 12.5. The van der Waals surface area contributed by atoms with Crippen molar-refractivity contribution in [2.24, 2.45) is 11.0 Å². The maximum atomic E-state index is 5.38. The molecule has 146 valence electrons. The van der Waals surface area contributed by atoms with E-state index in [-0.39, 0.29) is 0 Å².